The molecule has 0 atom stereocenters. The van der Waals surface area contributed by atoms with Crippen molar-refractivity contribution >= 4 is 22.5 Å². The van der Waals surface area contributed by atoms with Crippen LogP contribution in [0.4, 0.5) is 0 Å². The second-order valence-electron chi connectivity index (χ2n) is 4.39. The summed E-state index contributed by atoms with van der Waals surface area (Å²) in [5.41, 5.74) is 1.78. The molecule has 0 aliphatic heterocycles. The molecular weight excluding hydrogens is 220 g/mol. The van der Waals surface area contributed by atoms with Gasteiger partial charge in [0.1, 0.15) is 5.15 Å². The van der Waals surface area contributed by atoms with E-state index in [-0.39, 0.29) is 5.54 Å². The maximum Gasteiger partial charge on any atom is 0.134 e. The van der Waals surface area contributed by atoms with Crippen molar-refractivity contribution in [3.63, 3.8) is 0 Å². The molecule has 1 heterocycles. The third kappa shape index (κ3) is 1.91. The first-order chi connectivity index (χ1) is 7.54. The van der Waals surface area contributed by atoms with Gasteiger partial charge in [-0.25, -0.2) is 4.98 Å². The van der Waals surface area contributed by atoms with Gasteiger partial charge in [-0.1, -0.05) is 29.8 Å². The van der Waals surface area contributed by atoms with Crippen molar-refractivity contribution in [3.8, 4) is 0 Å². The molecule has 2 rings (SSSR count). The van der Waals surface area contributed by atoms with E-state index in [0.717, 1.165) is 16.5 Å². The molecule has 2 aromatic rings. The van der Waals surface area contributed by atoms with Crippen LogP contribution in [0.2, 0.25) is 5.15 Å². The Kier molecular flexibility index (Phi) is 2.87. The van der Waals surface area contributed by atoms with Gasteiger partial charge in [0.05, 0.1) is 5.52 Å². The molecule has 0 aliphatic carbocycles. The number of nitrogens with zero attached hydrogens (tertiary/aromatic N) is 1. The number of nitrogens with one attached hydrogen (secondary N) is 1. The maximum atomic E-state index is 6.22. The second-order valence-corrected chi connectivity index (χ2v) is 4.75. The number of fused-ring (bicyclic) bond motifs is 1. The van der Waals surface area contributed by atoms with Gasteiger partial charge in [0.15, 0.2) is 0 Å². The number of hydrogen-bond donors (Lipinski definition) is 1. The molecule has 0 aliphatic rings. The van der Waals surface area contributed by atoms with Gasteiger partial charge < -0.3 is 5.32 Å². The van der Waals surface area contributed by atoms with E-state index in [4.69, 9.17) is 11.6 Å². The predicted octanol–water partition coefficient (Wildman–Crippen LogP) is 3.34. The van der Waals surface area contributed by atoms with Crippen LogP contribution in [0.25, 0.3) is 10.9 Å². The molecule has 0 radical (unpaired) electrons. The van der Waals surface area contributed by atoms with E-state index in [1.807, 2.05) is 31.3 Å². The number of para-hydroxylation sites is 1. The Labute approximate surface area is 101 Å². The summed E-state index contributed by atoms with van der Waals surface area (Å²) < 4.78 is 0. The highest BCUT2D eigenvalue weighted by Crippen LogP contribution is 2.29. The van der Waals surface area contributed by atoms with E-state index in [0.29, 0.717) is 5.15 Å². The van der Waals surface area contributed by atoms with Gasteiger partial charge in [0, 0.05) is 16.5 Å². The Morgan fingerprint density at radius 3 is 2.62 bits per heavy atom. The minimum Gasteiger partial charge on any atom is -0.311 e. The quantitative estimate of drug-likeness (QED) is 0.807. The van der Waals surface area contributed by atoms with Crippen LogP contribution in [-0.4, -0.2) is 12.0 Å². The summed E-state index contributed by atoms with van der Waals surface area (Å²) in [6.45, 7) is 4.18. The van der Waals surface area contributed by atoms with E-state index in [1.54, 1.807) is 0 Å². The molecule has 0 saturated heterocycles. The number of benzene rings is 1. The van der Waals surface area contributed by atoms with Gasteiger partial charge in [0.25, 0.3) is 0 Å². The van der Waals surface area contributed by atoms with Crippen molar-refractivity contribution in [1.82, 2.24) is 10.3 Å². The van der Waals surface area contributed by atoms with Crippen LogP contribution in [0.15, 0.2) is 30.3 Å². The summed E-state index contributed by atoms with van der Waals surface area (Å²) in [6, 6.07) is 10.1. The van der Waals surface area contributed by atoms with E-state index < -0.39 is 0 Å². The summed E-state index contributed by atoms with van der Waals surface area (Å²) in [5, 5.41) is 4.92. The third-order valence-corrected chi connectivity index (χ3v) is 3.26. The lowest BCUT2D eigenvalue weighted by Gasteiger charge is -2.25. The molecule has 16 heavy (non-hydrogen) atoms. The first-order valence-electron chi connectivity index (χ1n) is 5.29. The molecule has 0 spiro atoms. The number of aromatic nitrogens is 1. The topological polar surface area (TPSA) is 24.9 Å². The van der Waals surface area contributed by atoms with Crippen molar-refractivity contribution in [2.45, 2.75) is 19.4 Å². The van der Waals surface area contributed by atoms with Gasteiger partial charge in [0.2, 0.25) is 0 Å². The molecule has 1 N–H and O–H groups in total. The highest BCUT2D eigenvalue weighted by molar-refractivity contribution is 6.30. The van der Waals surface area contributed by atoms with Crippen LogP contribution in [-0.2, 0) is 5.54 Å². The van der Waals surface area contributed by atoms with E-state index in [9.17, 15) is 0 Å². The van der Waals surface area contributed by atoms with E-state index >= 15 is 0 Å². The fourth-order valence-corrected chi connectivity index (χ4v) is 2.05. The Balaban J connectivity index is 2.67. The monoisotopic (exact) mass is 234 g/mol. The fraction of sp³-hybridized carbons (Fsp3) is 0.308. The average Bonchev–Trinajstić information content (AvgIpc) is 2.28. The lowest BCUT2D eigenvalue weighted by atomic mass is 9.95. The second kappa shape index (κ2) is 4.04. The Bertz CT molecular complexity index is 520. The average molecular weight is 235 g/mol. The fourth-order valence-electron chi connectivity index (χ4n) is 1.67. The Hall–Kier alpha value is -1.12. The lowest BCUT2D eigenvalue weighted by molar-refractivity contribution is 0.444. The molecule has 1 aromatic carbocycles. The molecule has 2 nitrogen and oxygen atoms in total. The van der Waals surface area contributed by atoms with Crippen molar-refractivity contribution < 1.29 is 0 Å². The van der Waals surface area contributed by atoms with E-state index in [1.165, 1.54) is 0 Å². The largest absolute Gasteiger partial charge is 0.311 e. The van der Waals surface area contributed by atoms with Crippen molar-refractivity contribution in [2.24, 2.45) is 0 Å². The highest BCUT2D eigenvalue weighted by Gasteiger charge is 2.22. The van der Waals surface area contributed by atoms with Crippen molar-refractivity contribution in [2.75, 3.05) is 7.05 Å². The minimum absolute atomic E-state index is 0.173. The van der Waals surface area contributed by atoms with Crippen LogP contribution in [0.3, 0.4) is 0 Å². The van der Waals surface area contributed by atoms with E-state index in [2.05, 4.69) is 30.2 Å². The summed E-state index contributed by atoms with van der Waals surface area (Å²) in [6.07, 6.45) is 0. The smallest absolute Gasteiger partial charge is 0.134 e. The standard InChI is InChI=1S/C13H15ClN2/c1-13(2,15-3)10-8-9-6-4-5-7-11(9)16-12(10)14/h4-8,15H,1-3H3. The molecular formula is C13H15ClN2. The molecule has 0 fully saturated rings. The molecule has 84 valence electrons. The van der Waals surface area contributed by atoms with Crippen LogP contribution in [0, 0.1) is 0 Å². The van der Waals surface area contributed by atoms with Gasteiger partial charge >= 0.3 is 0 Å². The van der Waals surface area contributed by atoms with Gasteiger partial charge in [-0.2, -0.15) is 0 Å². The van der Waals surface area contributed by atoms with Crippen molar-refractivity contribution in [3.05, 3.63) is 41.0 Å². The van der Waals surface area contributed by atoms with Crippen LogP contribution >= 0.6 is 11.6 Å². The molecule has 1 aromatic heterocycles. The molecule has 0 bridgehead atoms. The molecule has 0 amide bonds. The normalized spacial score (nSPS) is 12.0. The summed E-state index contributed by atoms with van der Waals surface area (Å²) in [7, 11) is 1.92. The van der Waals surface area contributed by atoms with Crippen LogP contribution in [0.1, 0.15) is 19.4 Å². The lowest BCUT2D eigenvalue weighted by Crippen LogP contribution is -2.33. The highest BCUT2D eigenvalue weighted by atomic mass is 35.5. The third-order valence-electron chi connectivity index (χ3n) is 2.98. The summed E-state index contributed by atoms with van der Waals surface area (Å²) >= 11 is 6.22. The zero-order valence-corrected chi connectivity index (χ0v) is 10.5. The number of hydrogen-bond acceptors (Lipinski definition) is 2. The number of pyridine rings is 1. The van der Waals surface area contributed by atoms with Crippen LogP contribution in [0.5, 0.6) is 0 Å². The maximum absolute atomic E-state index is 6.22. The summed E-state index contributed by atoms with van der Waals surface area (Å²) in [5.74, 6) is 0. The zero-order valence-electron chi connectivity index (χ0n) is 9.71. The van der Waals surface area contributed by atoms with Gasteiger partial charge in [-0.3, -0.25) is 0 Å². The first-order valence-corrected chi connectivity index (χ1v) is 5.67. The molecule has 3 heteroatoms. The Morgan fingerprint density at radius 2 is 1.94 bits per heavy atom. The minimum atomic E-state index is -0.173. The summed E-state index contributed by atoms with van der Waals surface area (Å²) in [4.78, 5) is 4.42. The number of halogens is 1. The Morgan fingerprint density at radius 1 is 1.25 bits per heavy atom. The molecule has 0 unspecified atom stereocenters. The first kappa shape index (κ1) is 11.4. The van der Waals surface area contributed by atoms with Crippen LogP contribution < -0.4 is 5.32 Å². The van der Waals surface area contributed by atoms with Gasteiger partial charge in [-0.15, -0.1) is 0 Å². The number of rotatable bonds is 2. The van der Waals surface area contributed by atoms with Gasteiger partial charge in [-0.05, 0) is 33.0 Å². The zero-order chi connectivity index (χ0) is 11.8. The van der Waals surface area contributed by atoms with Crippen molar-refractivity contribution in [1.29, 1.82) is 0 Å². The molecule has 0 saturated carbocycles. The SMILES string of the molecule is CNC(C)(C)c1cc2ccccc2nc1Cl. The predicted molar refractivity (Wildman–Crippen MR) is 68.8 cm³/mol.